The van der Waals surface area contributed by atoms with Crippen molar-refractivity contribution in [3.05, 3.63) is 47.5 Å². The molecule has 0 heterocycles. The van der Waals surface area contributed by atoms with E-state index in [-0.39, 0.29) is 11.8 Å². The van der Waals surface area contributed by atoms with E-state index < -0.39 is 0 Å². The van der Waals surface area contributed by atoms with Gasteiger partial charge < -0.3 is 10.2 Å². The molecule has 3 aliphatic rings. The van der Waals surface area contributed by atoms with Crippen LogP contribution in [0.2, 0.25) is 0 Å². The molecule has 4 nitrogen and oxygen atoms in total. The van der Waals surface area contributed by atoms with Crippen molar-refractivity contribution in [3.8, 4) is 0 Å². The summed E-state index contributed by atoms with van der Waals surface area (Å²) in [6.07, 6.45) is 11.6. The lowest BCUT2D eigenvalue weighted by atomic mass is 10.0. The minimum atomic E-state index is 0.0113. The Labute approximate surface area is 149 Å². The summed E-state index contributed by atoms with van der Waals surface area (Å²) < 4.78 is 0. The van der Waals surface area contributed by atoms with Crippen LogP contribution in [0.4, 0.5) is 0 Å². The van der Waals surface area contributed by atoms with Crippen LogP contribution in [0.5, 0.6) is 0 Å². The summed E-state index contributed by atoms with van der Waals surface area (Å²) in [5.74, 6) is 0.703. The summed E-state index contributed by atoms with van der Waals surface area (Å²) in [7, 11) is 0. The van der Waals surface area contributed by atoms with Crippen molar-refractivity contribution in [1.29, 1.82) is 0 Å². The summed E-state index contributed by atoms with van der Waals surface area (Å²) in [6, 6.07) is 8.51. The SMILES string of the molecule is O=C(NC1CC1)c1ccc(CN(C(=O)CC2C=CCC2)C2CC2)cc1. The van der Waals surface area contributed by atoms with Crippen molar-refractivity contribution >= 4 is 11.8 Å². The molecule has 0 aliphatic heterocycles. The first kappa shape index (κ1) is 16.4. The van der Waals surface area contributed by atoms with Gasteiger partial charge in [-0.05, 0) is 62.1 Å². The number of carbonyl (C=O) groups is 2. The van der Waals surface area contributed by atoms with Gasteiger partial charge in [-0.1, -0.05) is 24.3 Å². The van der Waals surface area contributed by atoms with E-state index in [9.17, 15) is 9.59 Å². The van der Waals surface area contributed by atoms with Gasteiger partial charge in [0.15, 0.2) is 0 Å². The maximum absolute atomic E-state index is 12.7. The van der Waals surface area contributed by atoms with Gasteiger partial charge in [0.05, 0.1) is 0 Å². The van der Waals surface area contributed by atoms with Gasteiger partial charge in [-0.25, -0.2) is 0 Å². The summed E-state index contributed by atoms with van der Waals surface area (Å²) >= 11 is 0. The Morgan fingerprint density at radius 3 is 2.40 bits per heavy atom. The Kier molecular flexibility index (Phi) is 4.60. The van der Waals surface area contributed by atoms with Crippen LogP contribution in [0.15, 0.2) is 36.4 Å². The molecular formula is C21H26N2O2. The van der Waals surface area contributed by atoms with E-state index in [1.165, 1.54) is 0 Å². The smallest absolute Gasteiger partial charge is 0.251 e. The number of hydrogen-bond acceptors (Lipinski definition) is 2. The third-order valence-corrected chi connectivity index (χ3v) is 5.34. The van der Waals surface area contributed by atoms with E-state index in [0.717, 1.165) is 44.1 Å². The number of carbonyl (C=O) groups excluding carboxylic acids is 2. The van der Waals surface area contributed by atoms with Gasteiger partial charge in [0.25, 0.3) is 5.91 Å². The molecule has 1 atom stereocenters. The second-order valence-corrected chi connectivity index (χ2v) is 7.67. The molecule has 2 saturated carbocycles. The minimum Gasteiger partial charge on any atom is -0.349 e. The average molecular weight is 338 g/mol. The molecule has 0 bridgehead atoms. The summed E-state index contributed by atoms with van der Waals surface area (Å²) in [4.78, 5) is 26.8. The van der Waals surface area contributed by atoms with Crippen LogP contribution in [0.1, 0.15) is 60.9 Å². The van der Waals surface area contributed by atoms with Crippen molar-refractivity contribution in [3.63, 3.8) is 0 Å². The van der Waals surface area contributed by atoms with Crippen LogP contribution in [-0.4, -0.2) is 28.8 Å². The molecule has 2 fully saturated rings. The molecule has 0 spiro atoms. The van der Waals surface area contributed by atoms with Crippen LogP contribution in [-0.2, 0) is 11.3 Å². The number of benzene rings is 1. The maximum atomic E-state index is 12.7. The summed E-state index contributed by atoms with van der Waals surface area (Å²) in [5.41, 5.74) is 1.81. The standard InChI is InChI=1S/C21H26N2O2/c24-20(13-15-3-1-2-4-15)23(19-11-12-19)14-16-5-7-17(8-6-16)21(25)22-18-9-10-18/h1,3,5-8,15,18-19H,2,4,9-14H2,(H,22,25). The number of nitrogens with zero attached hydrogens (tertiary/aromatic N) is 1. The summed E-state index contributed by atoms with van der Waals surface area (Å²) in [6.45, 7) is 0.657. The lowest BCUT2D eigenvalue weighted by Crippen LogP contribution is -2.33. The first-order chi connectivity index (χ1) is 12.2. The van der Waals surface area contributed by atoms with Gasteiger partial charge in [0, 0.05) is 30.6 Å². The highest BCUT2D eigenvalue weighted by Gasteiger charge is 2.33. The molecule has 2 amide bonds. The highest BCUT2D eigenvalue weighted by molar-refractivity contribution is 5.94. The molecule has 1 unspecified atom stereocenters. The number of hydrogen-bond donors (Lipinski definition) is 1. The third-order valence-electron chi connectivity index (χ3n) is 5.34. The lowest BCUT2D eigenvalue weighted by molar-refractivity contribution is -0.133. The first-order valence-corrected chi connectivity index (χ1v) is 9.55. The molecule has 25 heavy (non-hydrogen) atoms. The number of nitrogens with one attached hydrogen (secondary N) is 1. The van der Waals surface area contributed by atoms with Crippen LogP contribution in [0.25, 0.3) is 0 Å². The van der Waals surface area contributed by atoms with Crippen molar-refractivity contribution in [2.75, 3.05) is 0 Å². The fourth-order valence-corrected chi connectivity index (χ4v) is 3.47. The van der Waals surface area contributed by atoms with Crippen molar-refractivity contribution in [2.24, 2.45) is 5.92 Å². The van der Waals surface area contributed by atoms with Gasteiger partial charge in [-0.15, -0.1) is 0 Å². The highest BCUT2D eigenvalue weighted by atomic mass is 16.2. The Morgan fingerprint density at radius 1 is 1.04 bits per heavy atom. The zero-order valence-electron chi connectivity index (χ0n) is 14.6. The Morgan fingerprint density at radius 2 is 1.80 bits per heavy atom. The topological polar surface area (TPSA) is 49.4 Å². The molecule has 1 aromatic carbocycles. The molecule has 4 rings (SSSR count). The van der Waals surface area contributed by atoms with Gasteiger partial charge >= 0.3 is 0 Å². The monoisotopic (exact) mass is 338 g/mol. The van der Waals surface area contributed by atoms with Crippen LogP contribution >= 0.6 is 0 Å². The van der Waals surface area contributed by atoms with E-state index in [1.807, 2.05) is 29.2 Å². The van der Waals surface area contributed by atoms with Gasteiger partial charge in [-0.2, -0.15) is 0 Å². The van der Waals surface area contributed by atoms with Gasteiger partial charge in [0.1, 0.15) is 0 Å². The third kappa shape index (κ3) is 4.30. The minimum absolute atomic E-state index is 0.0113. The Hall–Kier alpha value is -2.10. The molecule has 0 saturated heterocycles. The molecule has 132 valence electrons. The molecule has 1 aromatic rings. The number of rotatable bonds is 7. The molecule has 0 radical (unpaired) electrons. The van der Waals surface area contributed by atoms with E-state index in [0.29, 0.717) is 36.5 Å². The Balaban J connectivity index is 1.37. The number of allylic oxidation sites excluding steroid dienone is 2. The maximum Gasteiger partial charge on any atom is 0.251 e. The predicted molar refractivity (Wildman–Crippen MR) is 97.0 cm³/mol. The molecule has 0 aromatic heterocycles. The molecule has 4 heteroatoms. The van der Waals surface area contributed by atoms with Crippen LogP contribution < -0.4 is 5.32 Å². The van der Waals surface area contributed by atoms with Crippen molar-refractivity contribution in [1.82, 2.24) is 10.2 Å². The second kappa shape index (κ2) is 7.03. The fourth-order valence-electron chi connectivity index (χ4n) is 3.47. The predicted octanol–water partition coefficient (Wildman–Crippen LogP) is 3.43. The molecule has 1 N–H and O–H groups in total. The summed E-state index contributed by atoms with van der Waals surface area (Å²) in [5, 5.41) is 3.01. The van der Waals surface area contributed by atoms with E-state index >= 15 is 0 Å². The van der Waals surface area contributed by atoms with Crippen LogP contribution in [0, 0.1) is 5.92 Å². The molecule has 3 aliphatic carbocycles. The second-order valence-electron chi connectivity index (χ2n) is 7.67. The first-order valence-electron chi connectivity index (χ1n) is 9.55. The van der Waals surface area contributed by atoms with E-state index in [2.05, 4.69) is 17.5 Å². The van der Waals surface area contributed by atoms with Crippen molar-refractivity contribution in [2.45, 2.75) is 63.6 Å². The van der Waals surface area contributed by atoms with E-state index in [4.69, 9.17) is 0 Å². The van der Waals surface area contributed by atoms with Crippen molar-refractivity contribution < 1.29 is 9.59 Å². The zero-order valence-corrected chi connectivity index (χ0v) is 14.6. The quantitative estimate of drug-likeness (QED) is 0.775. The highest BCUT2D eigenvalue weighted by Crippen LogP contribution is 2.31. The Bertz CT molecular complexity index is 672. The number of amides is 2. The lowest BCUT2D eigenvalue weighted by Gasteiger charge is -2.24. The van der Waals surface area contributed by atoms with Crippen LogP contribution in [0.3, 0.4) is 0 Å². The largest absolute Gasteiger partial charge is 0.349 e. The average Bonchev–Trinajstić information content (AvgIpc) is 3.54. The van der Waals surface area contributed by atoms with E-state index in [1.54, 1.807) is 0 Å². The normalized spacial score (nSPS) is 22.0. The van der Waals surface area contributed by atoms with Gasteiger partial charge in [-0.3, -0.25) is 9.59 Å². The zero-order chi connectivity index (χ0) is 17.2. The fraction of sp³-hybridized carbons (Fsp3) is 0.524. The van der Waals surface area contributed by atoms with Gasteiger partial charge in [0.2, 0.25) is 5.91 Å². The molecular weight excluding hydrogens is 312 g/mol.